The number of terminal acetylenes is 1. The van der Waals surface area contributed by atoms with E-state index in [1.165, 1.54) is 12.1 Å². The predicted octanol–water partition coefficient (Wildman–Crippen LogP) is 4.44. The van der Waals surface area contributed by atoms with E-state index in [1.54, 1.807) is 77.9 Å². The third kappa shape index (κ3) is 12.0. The number of esters is 1. The van der Waals surface area contributed by atoms with E-state index in [4.69, 9.17) is 15.9 Å². The maximum atomic E-state index is 14.6. The van der Waals surface area contributed by atoms with Crippen LogP contribution in [0.2, 0.25) is 0 Å². The minimum atomic E-state index is -1.45. The van der Waals surface area contributed by atoms with E-state index in [9.17, 15) is 29.4 Å². The molecule has 0 aliphatic carbocycles. The monoisotopic (exact) mass is 685 g/mol. The van der Waals surface area contributed by atoms with E-state index in [2.05, 4.69) is 16.6 Å². The summed E-state index contributed by atoms with van der Waals surface area (Å²) in [5, 5.41) is 25.5. The standard InChI is InChI=1S/C39H47N3O8/c1-8-28-16-12-13-17-30(28)33(34(45)40-32(36(47)49-38(2,3)4)25-26-14-10-9-11-15-26)42(22-23-43)35(46)31(41-37(48)50-39(5,6)7)24-27-18-20-29(44)21-19-27/h1,9-21,31-33,43-44H,22-25H2,2-7H3,(H,40,45)(H,41,48). The van der Waals surface area contributed by atoms with Gasteiger partial charge in [0.2, 0.25) is 11.8 Å². The summed E-state index contributed by atoms with van der Waals surface area (Å²) in [6, 6.07) is 17.8. The van der Waals surface area contributed by atoms with Gasteiger partial charge in [0, 0.05) is 24.9 Å². The fourth-order valence-electron chi connectivity index (χ4n) is 5.18. The van der Waals surface area contributed by atoms with Crippen molar-refractivity contribution in [2.75, 3.05) is 13.2 Å². The van der Waals surface area contributed by atoms with Crippen LogP contribution in [0.4, 0.5) is 4.79 Å². The van der Waals surface area contributed by atoms with E-state index < -0.39 is 59.8 Å². The van der Waals surface area contributed by atoms with Crippen molar-refractivity contribution < 1.29 is 38.9 Å². The van der Waals surface area contributed by atoms with Gasteiger partial charge in [0.15, 0.2) is 0 Å². The van der Waals surface area contributed by atoms with Gasteiger partial charge in [-0.15, -0.1) is 6.42 Å². The highest BCUT2D eigenvalue weighted by Crippen LogP contribution is 2.27. The fourth-order valence-corrected chi connectivity index (χ4v) is 5.18. The van der Waals surface area contributed by atoms with Gasteiger partial charge < -0.3 is 35.2 Å². The molecule has 0 aliphatic rings. The van der Waals surface area contributed by atoms with Gasteiger partial charge >= 0.3 is 12.1 Å². The van der Waals surface area contributed by atoms with Gasteiger partial charge in [-0.05, 0) is 76.4 Å². The lowest BCUT2D eigenvalue weighted by molar-refractivity contribution is -0.159. The lowest BCUT2D eigenvalue weighted by atomic mass is 9.96. The number of benzene rings is 3. The maximum Gasteiger partial charge on any atom is 0.408 e. The number of carbonyl (C=O) groups is 4. The second kappa shape index (κ2) is 17.4. The smallest absolute Gasteiger partial charge is 0.408 e. The number of aliphatic hydroxyl groups is 1. The normalized spacial score (nSPS) is 13.2. The maximum absolute atomic E-state index is 14.6. The number of hydrogen-bond donors (Lipinski definition) is 4. The molecular weight excluding hydrogens is 638 g/mol. The average molecular weight is 686 g/mol. The van der Waals surface area contributed by atoms with Crippen LogP contribution in [0.15, 0.2) is 78.9 Å². The number of carbonyl (C=O) groups excluding carboxylic acids is 4. The number of nitrogens with one attached hydrogen (secondary N) is 2. The van der Waals surface area contributed by atoms with Crippen molar-refractivity contribution in [2.45, 2.75) is 83.7 Å². The number of rotatable bonds is 13. The number of ether oxygens (including phenoxy) is 2. The van der Waals surface area contributed by atoms with Crippen LogP contribution in [0.5, 0.6) is 5.75 Å². The summed E-state index contributed by atoms with van der Waals surface area (Å²) in [5.41, 5.74) is 0.153. The van der Waals surface area contributed by atoms with E-state index >= 15 is 0 Å². The van der Waals surface area contributed by atoms with E-state index in [0.717, 1.165) is 10.5 Å². The number of phenolic OH excluding ortho intramolecular Hbond substituents is 1. The van der Waals surface area contributed by atoms with Crippen LogP contribution in [0.1, 0.15) is 69.8 Å². The molecule has 0 saturated carbocycles. The Labute approximate surface area is 294 Å². The number of phenols is 1. The molecule has 266 valence electrons. The van der Waals surface area contributed by atoms with Crippen molar-refractivity contribution >= 4 is 23.9 Å². The molecule has 0 saturated heterocycles. The molecule has 3 aromatic carbocycles. The Bertz CT molecular complexity index is 1650. The summed E-state index contributed by atoms with van der Waals surface area (Å²) in [5.74, 6) is 0.390. The van der Waals surface area contributed by atoms with Crippen molar-refractivity contribution in [3.05, 3.63) is 101 Å². The Hall–Kier alpha value is -5.34. The molecule has 3 unspecified atom stereocenters. The molecule has 0 fully saturated rings. The Morgan fingerprint density at radius 2 is 1.34 bits per heavy atom. The summed E-state index contributed by atoms with van der Waals surface area (Å²) in [6.45, 7) is 9.28. The van der Waals surface area contributed by atoms with Gasteiger partial charge in [0.05, 0.1) is 6.61 Å². The highest BCUT2D eigenvalue weighted by Gasteiger charge is 2.39. The van der Waals surface area contributed by atoms with E-state index in [0.29, 0.717) is 11.1 Å². The van der Waals surface area contributed by atoms with Crippen molar-refractivity contribution in [2.24, 2.45) is 0 Å². The second-order valence-corrected chi connectivity index (χ2v) is 13.7. The lowest BCUT2D eigenvalue weighted by Crippen LogP contribution is -2.56. The highest BCUT2D eigenvalue weighted by atomic mass is 16.6. The third-order valence-electron chi connectivity index (χ3n) is 7.25. The first-order valence-electron chi connectivity index (χ1n) is 16.3. The molecule has 3 aromatic rings. The lowest BCUT2D eigenvalue weighted by Gasteiger charge is -2.35. The van der Waals surface area contributed by atoms with Gasteiger partial charge in [-0.2, -0.15) is 0 Å². The Morgan fingerprint density at radius 3 is 1.92 bits per heavy atom. The first-order chi connectivity index (χ1) is 23.5. The van der Waals surface area contributed by atoms with E-state index in [1.807, 2.05) is 30.3 Å². The number of nitrogens with zero attached hydrogens (tertiary/aromatic N) is 1. The van der Waals surface area contributed by atoms with Crippen molar-refractivity contribution in [3.63, 3.8) is 0 Å². The van der Waals surface area contributed by atoms with Crippen molar-refractivity contribution in [1.29, 1.82) is 0 Å². The Balaban J connectivity index is 2.12. The van der Waals surface area contributed by atoms with Crippen LogP contribution < -0.4 is 10.6 Å². The fraction of sp³-hybridized carbons (Fsp3) is 0.385. The Morgan fingerprint density at radius 1 is 0.780 bits per heavy atom. The van der Waals surface area contributed by atoms with Crippen LogP contribution in [-0.2, 0) is 36.7 Å². The van der Waals surface area contributed by atoms with Gasteiger partial charge in [-0.25, -0.2) is 9.59 Å². The molecular formula is C39H47N3O8. The molecule has 0 bridgehead atoms. The number of amides is 3. The van der Waals surface area contributed by atoms with Crippen LogP contribution in [0.3, 0.4) is 0 Å². The number of alkyl carbamates (subject to hydrolysis) is 1. The molecule has 3 atom stereocenters. The third-order valence-corrected chi connectivity index (χ3v) is 7.25. The number of aliphatic hydroxyl groups excluding tert-OH is 1. The minimum absolute atomic E-state index is 0.0105. The van der Waals surface area contributed by atoms with Crippen molar-refractivity contribution in [1.82, 2.24) is 15.5 Å². The van der Waals surface area contributed by atoms with Crippen molar-refractivity contribution in [3.8, 4) is 18.1 Å². The molecule has 0 spiro atoms. The molecule has 0 heterocycles. The SMILES string of the molecule is C#Cc1ccccc1C(C(=O)NC(Cc1ccccc1)C(=O)OC(C)(C)C)N(CCO)C(=O)C(Cc1ccc(O)cc1)NC(=O)OC(C)(C)C. The van der Waals surface area contributed by atoms with Gasteiger partial charge in [0.1, 0.15) is 35.1 Å². The number of hydrogen-bond acceptors (Lipinski definition) is 8. The quantitative estimate of drug-likeness (QED) is 0.152. The zero-order chi connectivity index (χ0) is 37.1. The van der Waals surface area contributed by atoms with Crippen LogP contribution >= 0.6 is 0 Å². The van der Waals surface area contributed by atoms with Gasteiger partial charge in [-0.1, -0.05) is 66.6 Å². The predicted molar refractivity (Wildman–Crippen MR) is 189 cm³/mol. The zero-order valence-electron chi connectivity index (χ0n) is 29.4. The first-order valence-corrected chi connectivity index (χ1v) is 16.3. The summed E-state index contributed by atoms with van der Waals surface area (Å²) >= 11 is 0. The first kappa shape index (κ1) is 39.1. The highest BCUT2D eigenvalue weighted by molar-refractivity contribution is 5.94. The largest absolute Gasteiger partial charge is 0.508 e. The summed E-state index contributed by atoms with van der Waals surface area (Å²) < 4.78 is 11.1. The summed E-state index contributed by atoms with van der Waals surface area (Å²) in [4.78, 5) is 56.8. The minimum Gasteiger partial charge on any atom is -0.508 e. The van der Waals surface area contributed by atoms with Gasteiger partial charge in [0.25, 0.3) is 0 Å². The topological polar surface area (TPSA) is 154 Å². The molecule has 11 nitrogen and oxygen atoms in total. The summed E-state index contributed by atoms with van der Waals surface area (Å²) in [6.07, 6.45) is 5.01. The second-order valence-electron chi connectivity index (χ2n) is 13.7. The molecule has 3 rings (SSSR count). The molecule has 0 aromatic heterocycles. The molecule has 11 heteroatoms. The molecule has 0 aliphatic heterocycles. The summed E-state index contributed by atoms with van der Waals surface area (Å²) in [7, 11) is 0. The average Bonchev–Trinajstić information content (AvgIpc) is 3.03. The van der Waals surface area contributed by atoms with E-state index in [-0.39, 0.29) is 30.7 Å². The molecule has 4 N–H and O–H groups in total. The van der Waals surface area contributed by atoms with Crippen LogP contribution in [-0.4, -0.2) is 75.4 Å². The van der Waals surface area contributed by atoms with Crippen LogP contribution in [0, 0.1) is 12.3 Å². The number of aromatic hydroxyl groups is 1. The Kier molecular flexibility index (Phi) is 13.6. The molecule has 0 radical (unpaired) electrons. The molecule has 50 heavy (non-hydrogen) atoms. The van der Waals surface area contributed by atoms with Gasteiger partial charge in [-0.3, -0.25) is 9.59 Å². The molecule has 3 amide bonds. The zero-order valence-corrected chi connectivity index (χ0v) is 29.4. The van der Waals surface area contributed by atoms with Crippen LogP contribution in [0.25, 0.3) is 0 Å².